The van der Waals surface area contributed by atoms with Crippen molar-refractivity contribution in [3.05, 3.63) is 63.3 Å². The van der Waals surface area contributed by atoms with Crippen LogP contribution in [0.5, 0.6) is 0 Å². The number of non-ortho nitro benzene ring substituents is 1. The number of benzene rings is 1. The Morgan fingerprint density at radius 2 is 2.00 bits per heavy atom. The van der Waals surface area contributed by atoms with E-state index in [4.69, 9.17) is 4.74 Å². The minimum absolute atomic E-state index is 0.00325. The Bertz CT molecular complexity index is 1040. The second-order valence-corrected chi connectivity index (χ2v) is 7.55. The van der Waals surface area contributed by atoms with E-state index >= 15 is 0 Å². The fourth-order valence-corrected chi connectivity index (χ4v) is 3.50. The maximum absolute atomic E-state index is 13.1. The number of nitro benzene ring substituents is 1. The van der Waals surface area contributed by atoms with E-state index in [0.29, 0.717) is 25.2 Å². The lowest BCUT2D eigenvalue weighted by molar-refractivity contribution is -0.384. The molecule has 10 nitrogen and oxygen atoms in total. The number of carbonyl (C=O) groups excluding carboxylic acids is 3. The van der Waals surface area contributed by atoms with E-state index < -0.39 is 22.7 Å². The molecule has 10 heteroatoms. The average Bonchev–Trinajstić information content (AvgIpc) is 2.80. The standard InChI is InChI=1S/C22H24N4O6/c1-3-32-22(29)17-9-16(10-18(11-17)26(30)31)21(28)25-8-4-5-15(13-25)20(27)24-19-7-6-14(2)12-23-19/h6-7,9-12,15H,3-5,8,13H2,1-2H3,(H,23,24,27). The number of nitrogens with one attached hydrogen (secondary N) is 1. The summed E-state index contributed by atoms with van der Waals surface area (Å²) >= 11 is 0. The zero-order valence-corrected chi connectivity index (χ0v) is 17.9. The molecule has 2 heterocycles. The highest BCUT2D eigenvalue weighted by Crippen LogP contribution is 2.23. The van der Waals surface area contributed by atoms with Gasteiger partial charge in [0.1, 0.15) is 5.82 Å². The number of carbonyl (C=O) groups is 3. The molecule has 0 saturated carbocycles. The second kappa shape index (κ2) is 9.99. The molecule has 0 bridgehead atoms. The molecule has 1 N–H and O–H groups in total. The molecule has 168 valence electrons. The van der Waals surface area contributed by atoms with Crippen molar-refractivity contribution in [2.45, 2.75) is 26.7 Å². The van der Waals surface area contributed by atoms with Crippen LogP contribution in [-0.2, 0) is 9.53 Å². The number of rotatable bonds is 6. The van der Waals surface area contributed by atoms with Gasteiger partial charge in [0.2, 0.25) is 5.91 Å². The molecule has 32 heavy (non-hydrogen) atoms. The quantitative estimate of drug-likeness (QED) is 0.415. The van der Waals surface area contributed by atoms with Gasteiger partial charge in [-0.05, 0) is 44.4 Å². The zero-order valence-electron chi connectivity index (χ0n) is 17.9. The van der Waals surface area contributed by atoms with Crippen LogP contribution >= 0.6 is 0 Å². The highest BCUT2D eigenvalue weighted by molar-refractivity contribution is 5.99. The number of ether oxygens (including phenoxy) is 1. The number of esters is 1. The van der Waals surface area contributed by atoms with Crippen LogP contribution in [0.25, 0.3) is 0 Å². The third kappa shape index (κ3) is 5.45. The Balaban J connectivity index is 1.76. The molecule has 3 rings (SSSR count). The first-order chi connectivity index (χ1) is 15.3. The van der Waals surface area contributed by atoms with E-state index in [-0.39, 0.29) is 35.9 Å². The molecule has 2 amide bonds. The van der Waals surface area contributed by atoms with Gasteiger partial charge in [0.25, 0.3) is 11.6 Å². The van der Waals surface area contributed by atoms with Crippen LogP contribution < -0.4 is 5.32 Å². The molecule has 1 aliphatic heterocycles. The first kappa shape index (κ1) is 22.9. The third-order valence-corrected chi connectivity index (χ3v) is 5.13. The van der Waals surface area contributed by atoms with E-state index in [1.807, 2.05) is 13.0 Å². The Kier molecular flexibility index (Phi) is 7.14. The van der Waals surface area contributed by atoms with Crippen LogP contribution in [0.1, 0.15) is 46.0 Å². The lowest BCUT2D eigenvalue weighted by Gasteiger charge is -2.32. The van der Waals surface area contributed by atoms with E-state index in [1.54, 1.807) is 19.2 Å². The van der Waals surface area contributed by atoms with Crippen LogP contribution in [0, 0.1) is 23.0 Å². The minimum atomic E-state index is -0.744. The van der Waals surface area contributed by atoms with Crippen molar-refractivity contribution in [3.63, 3.8) is 0 Å². The smallest absolute Gasteiger partial charge is 0.338 e. The highest BCUT2D eigenvalue weighted by Gasteiger charge is 2.30. The summed E-state index contributed by atoms with van der Waals surface area (Å²) in [6, 6.07) is 7.04. The van der Waals surface area contributed by atoms with Gasteiger partial charge in [0.05, 0.1) is 23.0 Å². The molecule has 1 aromatic heterocycles. The van der Waals surface area contributed by atoms with Crippen molar-refractivity contribution in [3.8, 4) is 0 Å². The third-order valence-electron chi connectivity index (χ3n) is 5.13. The molecule has 0 aliphatic carbocycles. The number of likely N-dealkylation sites (tertiary alicyclic amines) is 1. The molecular weight excluding hydrogens is 416 g/mol. The summed E-state index contributed by atoms with van der Waals surface area (Å²) < 4.78 is 4.91. The molecule has 0 radical (unpaired) electrons. The number of aryl methyl sites for hydroxylation is 1. The van der Waals surface area contributed by atoms with Crippen molar-refractivity contribution in [1.29, 1.82) is 0 Å². The Labute approximate surface area is 184 Å². The molecule has 1 aromatic carbocycles. The van der Waals surface area contributed by atoms with Crippen molar-refractivity contribution >= 4 is 29.3 Å². The number of hydrogen-bond donors (Lipinski definition) is 1. The Hall–Kier alpha value is -3.82. The van der Waals surface area contributed by atoms with E-state index in [9.17, 15) is 24.5 Å². The lowest BCUT2D eigenvalue weighted by Crippen LogP contribution is -2.43. The van der Waals surface area contributed by atoms with Crippen LogP contribution in [0.2, 0.25) is 0 Å². The summed E-state index contributed by atoms with van der Waals surface area (Å²) in [6.07, 6.45) is 2.85. The molecule has 1 aliphatic rings. The summed E-state index contributed by atoms with van der Waals surface area (Å²) in [5.74, 6) is -1.48. The van der Waals surface area contributed by atoms with Crippen LogP contribution in [0.3, 0.4) is 0 Å². The number of piperidine rings is 1. The molecular formula is C22H24N4O6. The van der Waals surface area contributed by atoms with Crippen LogP contribution in [0.4, 0.5) is 11.5 Å². The van der Waals surface area contributed by atoms with Gasteiger partial charge < -0.3 is 15.0 Å². The van der Waals surface area contributed by atoms with Crippen molar-refractivity contribution in [2.75, 3.05) is 25.0 Å². The molecule has 1 atom stereocenters. The summed E-state index contributed by atoms with van der Waals surface area (Å²) in [6.45, 7) is 4.18. The molecule has 1 fully saturated rings. The largest absolute Gasteiger partial charge is 0.462 e. The van der Waals surface area contributed by atoms with Gasteiger partial charge in [-0.1, -0.05) is 6.07 Å². The number of pyridine rings is 1. The van der Waals surface area contributed by atoms with Gasteiger partial charge in [-0.3, -0.25) is 19.7 Å². The Morgan fingerprint density at radius 3 is 2.66 bits per heavy atom. The molecule has 0 spiro atoms. The van der Waals surface area contributed by atoms with Gasteiger partial charge >= 0.3 is 5.97 Å². The summed E-state index contributed by atoms with van der Waals surface area (Å²) in [7, 11) is 0. The summed E-state index contributed by atoms with van der Waals surface area (Å²) in [4.78, 5) is 54.1. The van der Waals surface area contributed by atoms with E-state index in [2.05, 4.69) is 10.3 Å². The number of nitrogens with zero attached hydrogens (tertiary/aromatic N) is 3. The molecule has 1 unspecified atom stereocenters. The minimum Gasteiger partial charge on any atom is -0.462 e. The molecule has 1 saturated heterocycles. The zero-order chi connectivity index (χ0) is 23.3. The van der Waals surface area contributed by atoms with Crippen molar-refractivity contribution in [1.82, 2.24) is 9.88 Å². The number of hydrogen-bond acceptors (Lipinski definition) is 7. The first-order valence-corrected chi connectivity index (χ1v) is 10.3. The summed E-state index contributed by atoms with van der Waals surface area (Å²) in [5.41, 5.74) is 0.525. The fourth-order valence-electron chi connectivity index (χ4n) is 3.50. The predicted octanol–water partition coefficient (Wildman–Crippen LogP) is 2.97. The SMILES string of the molecule is CCOC(=O)c1cc(C(=O)N2CCCC(C(=O)Nc3ccc(C)cn3)C2)cc([N+](=O)[O-])c1. The topological polar surface area (TPSA) is 132 Å². The van der Waals surface area contributed by atoms with Crippen LogP contribution in [-0.4, -0.2) is 52.3 Å². The number of aromatic nitrogens is 1. The number of amides is 2. The van der Waals surface area contributed by atoms with E-state index in [1.165, 1.54) is 11.0 Å². The maximum Gasteiger partial charge on any atom is 0.338 e. The van der Waals surface area contributed by atoms with Gasteiger partial charge in [0, 0.05) is 37.0 Å². The fraction of sp³-hybridized carbons (Fsp3) is 0.364. The Morgan fingerprint density at radius 1 is 1.25 bits per heavy atom. The van der Waals surface area contributed by atoms with Gasteiger partial charge in [0.15, 0.2) is 0 Å². The molecule has 2 aromatic rings. The van der Waals surface area contributed by atoms with Gasteiger partial charge in [-0.2, -0.15) is 0 Å². The monoisotopic (exact) mass is 440 g/mol. The van der Waals surface area contributed by atoms with Crippen LogP contribution in [0.15, 0.2) is 36.5 Å². The average molecular weight is 440 g/mol. The van der Waals surface area contributed by atoms with Gasteiger partial charge in [-0.15, -0.1) is 0 Å². The maximum atomic E-state index is 13.1. The highest BCUT2D eigenvalue weighted by atomic mass is 16.6. The second-order valence-electron chi connectivity index (χ2n) is 7.55. The van der Waals surface area contributed by atoms with E-state index in [0.717, 1.165) is 17.7 Å². The predicted molar refractivity (Wildman–Crippen MR) is 115 cm³/mol. The number of anilines is 1. The van der Waals surface area contributed by atoms with Crippen molar-refractivity contribution < 1.29 is 24.0 Å². The van der Waals surface area contributed by atoms with Gasteiger partial charge in [-0.25, -0.2) is 9.78 Å². The normalized spacial score (nSPS) is 15.7. The summed E-state index contributed by atoms with van der Waals surface area (Å²) in [5, 5.41) is 14.1. The number of nitro groups is 1. The van der Waals surface area contributed by atoms with Crippen molar-refractivity contribution in [2.24, 2.45) is 5.92 Å². The lowest BCUT2D eigenvalue weighted by atomic mass is 9.96. The first-order valence-electron chi connectivity index (χ1n) is 10.3.